The van der Waals surface area contributed by atoms with E-state index in [9.17, 15) is 24.0 Å². The number of aryl methyl sites for hydroxylation is 2. The lowest BCUT2D eigenvalue weighted by atomic mass is 9.86. The maximum Gasteiger partial charge on any atom is 0.323 e. The van der Waals surface area contributed by atoms with Crippen molar-refractivity contribution in [3.8, 4) is 11.5 Å². The molecule has 4 aromatic heterocycles. The summed E-state index contributed by atoms with van der Waals surface area (Å²) < 4.78 is 7.38. The van der Waals surface area contributed by atoms with Gasteiger partial charge in [0.25, 0.3) is 5.91 Å². The van der Waals surface area contributed by atoms with E-state index in [1.165, 1.54) is 6.42 Å². The van der Waals surface area contributed by atoms with Gasteiger partial charge in [-0.1, -0.05) is 30.8 Å². The van der Waals surface area contributed by atoms with Gasteiger partial charge in [-0.15, -0.1) is 0 Å². The number of fused-ring (bicyclic) bond motifs is 2. The molecule has 2 saturated heterocycles. The van der Waals surface area contributed by atoms with Crippen LogP contribution in [0.2, 0.25) is 0 Å². The van der Waals surface area contributed by atoms with Gasteiger partial charge in [0, 0.05) is 75.2 Å². The maximum atomic E-state index is 13.2. The zero-order valence-electron chi connectivity index (χ0n) is 34.8. The van der Waals surface area contributed by atoms with Gasteiger partial charge in [-0.05, 0) is 74.4 Å². The summed E-state index contributed by atoms with van der Waals surface area (Å²) in [6.07, 6.45) is 14.6. The molecule has 62 heavy (non-hydrogen) atoms. The highest BCUT2D eigenvalue weighted by Crippen LogP contribution is 2.37. The fraction of sp³-hybridized carbons (Fsp3) is 0.455. The second kappa shape index (κ2) is 17.7. The number of carbonyl (C=O) groups is 5. The van der Waals surface area contributed by atoms with E-state index < -0.39 is 18.0 Å². The van der Waals surface area contributed by atoms with Crippen LogP contribution in [0.1, 0.15) is 110 Å². The number of imide groups is 1. The van der Waals surface area contributed by atoms with Crippen LogP contribution in [-0.2, 0) is 27.3 Å². The van der Waals surface area contributed by atoms with E-state index in [0.29, 0.717) is 92.3 Å². The number of rotatable bonds is 12. The average molecular weight is 843 g/mol. The van der Waals surface area contributed by atoms with Crippen LogP contribution < -0.4 is 20.9 Å². The minimum Gasteiger partial charge on any atom is -0.368 e. The standard InChI is InChI=1S/C44H50N12O6/c1-27-22-30(48-44(61)49-33-25-45-35-16-17-47-56(35)40(33)28-8-4-2-5-9-28)24-46-39(27)41-51-37(62-52-41)10-6-3-7-11-38(58)54-20-18-53(19-21-54)31-12-13-32-29(23-31)26-55(43(32)60)34-14-15-36(57)50-42(34)59/h12-13,16-17,22-25,28,34H,2-11,14-15,18-21,26H2,1H3,(H2,48,49,61)(H,50,57,59). The van der Waals surface area contributed by atoms with Gasteiger partial charge in [0.15, 0.2) is 5.65 Å². The first kappa shape index (κ1) is 40.7. The Morgan fingerprint density at radius 2 is 1.76 bits per heavy atom. The van der Waals surface area contributed by atoms with E-state index in [2.05, 4.69) is 46.1 Å². The van der Waals surface area contributed by atoms with Crippen molar-refractivity contribution in [1.29, 1.82) is 0 Å². The molecular formula is C44H50N12O6. The molecule has 18 nitrogen and oxygen atoms in total. The normalized spacial score (nSPS) is 18.3. The van der Waals surface area contributed by atoms with Gasteiger partial charge in [0.1, 0.15) is 11.7 Å². The molecule has 3 N–H and O–H groups in total. The largest absolute Gasteiger partial charge is 0.368 e. The first-order valence-electron chi connectivity index (χ1n) is 21.7. The van der Waals surface area contributed by atoms with Crippen molar-refractivity contribution in [2.75, 3.05) is 41.7 Å². The zero-order chi connectivity index (χ0) is 42.7. The molecule has 3 fully saturated rings. The number of hydrogen-bond donors (Lipinski definition) is 3. The number of unbranched alkanes of at least 4 members (excludes halogenated alkanes) is 2. The molecule has 5 aromatic rings. The molecule has 6 amide bonds. The molecular weight excluding hydrogens is 793 g/mol. The number of pyridine rings is 1. The smallest absolute Gasteiger partial charge is 0.323 e. The minimum absolute atomic E-state index is 0.137. The number of nitrogens with one attached hydrogen (secondary N) is 3. The molecule has 1 aliphatic carbocycles. The zero-order valence-corrected chi connectivity index (χ0v) is 34.8. The molecule has 322 valence electrons. The Morgan fingerprint density at radius 3 is 2.56 bits per heavy atom. The van der Waals surface area contributed by atoms with Gasteiger partial charge < -0.3 is 29.9 Å². The van der Waals surface area contributed by atoms with Crippen molar-refractivity contribution in [3.63, 3.8) is 0 Å². The Morgan fingerprint density at radius 1 is 0.919 bits per heavy atom. The molecule has 1 saturated carbocycles. The number of carbonyl (C=O) groups excluding carboxylic acids is 5. The Labute approximate surface area is 357 Å². The highest BCUT2D eigenvalue weighted by atomic mass is 16.5. The number of amides is 6. The number of piperazine rings is 1. The van der Waals surface area contributed by atoms with Gasteiger partial charge in [0.05, 0.1) is 35.7 Å². The van der Waals surface area contributed by atoms with Crippen molar-refractivity contribution >= 4 is 52.4 Å². The summed E-state index contributed by atoms with van der Waals surface area (Å²) in [5.74, 6) is 0.395. The average Bonchev–Trinajstić information content (AvgIpc) is 4.03. The molecule has 9 rings (SSSR count). The van der Waals surface area contributed by atoms with Crippen molar-refractivity contribution in [1.82, 2.24) is 44.8 Å². The third-order valence-corrected chi connectivity index (χ3v) is 12.5. The molecule has 4 aliphatic rings. The van der Waals surface area contributed by atoms with Crippen LogP contribution in [0.4, 0.5) is 21.9 Å². The lowest BCUT2D eigenvalue weighted by Gasteiger charge is -2.36. The second-order valence-electron chi connectivity index (χ2n) is 16.6. The summed E-state index contributed by atoms with van der Waals surface area (Å²) in [5.41, 5.74) is 6.68. The number of urea groups is 1. The fourth-order valence-electron chi connectivity index (χ4n) is 9.23. The van der Waals surface area contributed by atoms with E-state index in [4.69, 9.17) is 4.52 Å². The van der Waals surface area contributed by atoms with Crippen molar-refractivity contribution < 1.29 is 28.5 Å². The van der Waals surface area contributed by atoms with Crippen LogP contribution >= 0.6 is 0 Å². The highest BCUT2D eigenvalue weighted by Gasteiger charge is 2.39. The molecule has 7 heterocycles. The van der Waals surface area contributed by atoms with Crippen LogP contribution in [0.15, 0.2) is 53.4 Å². The Hall–Kier alpha value is -6.72. The second-order valence-corrected chi connectivity index (χ2v) is 16.6. The van der Waals surface area contributed by atoms with Crippen LogP contribution in [-0.4, -0.2) is 101 Å². The number of benzene rings is 1. The van der Waals surface area contributed by atoms with E-state index >= 15 is 0 Å². The first-order chi connectivity index (χ1) is 30.2. The topological polar surface area (TPSA) is 213 Å². The number of nitrogens with zero attached hydrogens (tertiary/aromatic N) is 9. The van der Waals surface area contributed by atoms with E-state index in [1.807, 2.05) is 46.7 Å². The van der Waals surface area contributed by atoms with Crippen molar-refractivity contribution in [3.05, 3.63) is 77.2 Å². The molecule has 18 heteroatoms. The first-order valence-corrected chi connectivity index (χ1v) is 21.7. The highest BCUT2D eigenvalue weighted by molar-refractivity contribution is 6.05. The predicted molar refractivity (Wildman–Crippen MR) is 227 cm³/mol. The summed E-state index contributed by atoms with van der Waals surface area (Å²) in [6.45, 7) is 4.80. The van der Waals surface area contributed by atoms with Crippen LogP contribution in [0.3, 0.4) is 0 Å². The minimum atomic E-state index is -0.643. The summed E-state index contributed by atoms with van der Waals surface area (Å²) in [4.78, 5) is 82.7. The summed E-state index contributed by atoms with van der Waals surface area (Å²) >= 11 is 0. The number of aromatic nitrogens is 6. The quantitative estimate of drug-likeness (QED) is 0.107. The molecule has 1 atom stereocenters. The van der Waals surface area contributed by atoms with Gasteiger partial charge in [-0.25, -0.2) is 14.3 Å². The van der Waals surface area contributed by atoms with Crippen molar-refractivity contribution in [2.45, 2.75) is 102 Å². The lowest BCUT2D eigenvalue weighted by molar-refractivity contribution is -0.137. The molecule has 1 aromatic carbocycles. The number of piperidine rings is 1. The number of hydrogen-bond acceptors (Lipinski definition) is 12. The van der Waals surface area contributed by atoms with E-state index in [0.717, 1.165) is 73.1 Å². The molecule has 1 unspecified atom stereocenters. The SMILES string of the molecule is Cc1cc(NC(=O)Nc2cnc3ccnn3c2C2CCCCC2)cnc1-c1noc(CCCCCC(=O)N2CCN(c3ccc4c(c3)CN(C3CCC(=O)NC3=O)C4=O)CC2)n1. The molecule has 0 radical (unpaired) electrons. The molecule has 0 bridgehead atoms. The Bertz CT molecular complexity index is 2520. The Balaban J connectivity index is 0.703. The maximum absolute atomic E-state index is 13.2. The Kier molecular flexibility index (Phi) is 11.6. The van der Waals surface area contributed by atoms with Gasteiger partial charge in [-0.2, -0.15) is 10.1 Å². The van der Waals surface area contributed by atoms with Crippen molar-refractivity contribution in [2.24, 2.45) is 0 Å². The third kappa shape index (κ3) is 8.58. The van der Waals surface area contributed by atoms with Crippen LogP contribution in [0, 0.1) is 6.92 Å². The molecule has 0 spiro atoms. The summed E-state index contributed by atoms with van der Waals surface area (Å²) in [6, 6.07) is 8.40. The van der Waals surface area contributed by atoms with E-state index in [1.54, 1.807) is 23.5 Å². The third-order valence-electron chi connectivity index (χ3n) is 12.5. The molecule has 3 aliphatic heterocycles. The fourth-order valence-corrected chi connectivity index (χ4v) is 9.23. The van der Waals surface area contributed by atoms with Gasteiger partial charge >= 0.3 is 6.03 Å². The van der Waals surface area contributed by atoms with Gasteiger partial charge in [-0.3, -0.25) is 29.5 Å². The number of anilines is 3. The summed E-state index contributed by atoms with van der Waals surface area (Å²) in [7, 11) is 0. The summed E-state index contributed by atoms with van der Waals surface area (Å²) in [5, 5.41) is 16.9. The van der Waals surface area contributed by atoms with Crippen LogP contribution in [0.5, 0.6) is 0 Å². The predicted octanol–water partition coefficient (Wildman–Crippen LogP) is 5.39. The lowest BCUT2D eigenvalue weighted by Crippen LogP contribution is -2.52. The van der Waals surface area contributed by atoms with E-state index in [-0.39, 0.29) is 24.1 Å². The van der Waals surface area contributed by atoms with Crippen LogP contribution in [0.25, 0.3) is 17.2 Å². The monoisotopic (exact) mass is 842 g/mol. The van der Waals surface area contributed by atoms with Gasteiger partial charge in [0.2, 0.25) is 29.4 Å².